The van der Waals surface area contributed by atoms with Gasteiger partial charge < -0.3 is 14.7 Å². The molecule has 2 amide bonds. The van der Waals surface area contributed by atoms with E-state index in [-0.39, 0.29) is 6.03 Å². The number of amides is 2. The minimum atomic E-state index is -0.893. The van der Waals surface area contributed by atoms with E-state index in [4.69, 9.17) is 11.2 Å². The van der Waals surface area contributed by atoms with Crippen LogP contribution in [0.1, 0.15) is 19.3 Å². The summed E-state index contributed by atoms with van der Waals surface area (Å²) in [4.78, 5) is 23.5. The summed E-state index contributed by atoms with van der Waals surface area (Å²) in [6.07, 6.45) is 8.06. The number of ether oxygens (including phenoxy) is 1. The number of aliphatic hydroxyl groups is 1. The van der Waals surface area contributed by atoms with Crippen molar-refractivity contribution in [3.63, 3.8) is 0 Å². The second-order valence-electron chi connectivity index (χ2n) is 7.66. The van der Waals surface area contributed by atoms with Crippen LogP contribution in [0.25, 0.3) is 22.2 Å². The van der Waals surface area contributed by atoms with Crippen molar-refractivity contribution in [2.75, 3.05) is 25.5 Å². The molecular formula is C24H24N4O3. The van der Waals surface area contributed by atoms with E-state index >= 15 is 0 Å². The van der Waals surface area contributed by atoms with Crippen LogP contribution in [0.2, 0.25) is 0 Å². The van der Waals surface area contributed by atoms with Gasteiger partial charge in [-0.25, -0.2) is 14.8 Å². The molecule has 1 aromatic heterocycles. The lowest BCUT2D eigenvalue weighted by molar-refractivity contribution is -0.00643. The van der Waals surface area contributed by atoms with E-state index in [1.165, 1.54) is 0 Å². The van der Waals surface area contributed by atoms with Crippen molar-refractivity contribution in [2.24, 2.45) is 0 Å². The topological polar surface area (TPSA) is 87.6 Å². The third-order valence-corrected chi connectivity index (χ3v) is 5.61. The fourth-order valence-electron chi connectivity index (χ4n) is 3.83. The van der Waals surface area contributed by atoms with Gasteiger partial charge in [-0.15, -0.1) is 12.3 Å². The van der Waals surface area contributed by atoms with Crippen molar-refractivity contribution in [1.82, 2.24) is 14.9 Å². The third kappa shape index (κ3) is 4.30. The molecule has 0 saturated carbocycles. The van der Waals surface area contributed by atoms with E-state index in [0.717, 1.165) is 11.1 Å². The van der Waals surface area contributed by atoms with Gasteiger partial charge in [0.15, 0.2) is 5.82 Å². The Labute approximate surface area is 181 Å². The van der Waals surface area contributed by atoms with Gasteiger partial charge in [-0.1, -0.05) is 30.3 Å². The van der Waals surface area contributed by atoms with Crippen molar-refractivity contribution >= 4 is 22.9 Å². The molecule has 31 heavy (non-hydrogen) atoms. The average Bonchev–Trinajstić information content (AvgIpc) is 2.79. The van der Waals surface area contributed by atoms with Crippen molar-refractivity contribution < 1.29 is 14.6 Å². The first-order valence-corrected chi connectivity index (χ1v) is 10.1. The maximum atomic E-state index is 12.7. The van der Waals surface area contributed by atoms with Gasteiger partial charge in [0.25, 0.3) is 0 Å². The van der Waals surface area contributed by atoms with Crippen LogP contribution in [0, 0.1) is 12.3 Å². The fourth-order valence-corrected chi connectivity index (χ4v) is 3.83. The Morgan fingerprint density at radius 1 is 1.23 bits per heavy atom. The Morgan fingerprint density at radius 2 is 1.97 bits per heavy atom. The second kappa shape index (κ2) is 8.62. The van der Waals surface area contributed by atoms with Crippen molar-refractivity contribution in [2.45, 2.75) is 24.9 Å². The number of piperidine rings is 1. The first-order valence-electron chi connectivity index (χ1n) is 10.1. The van der Waals surface area contributed by atoms with E-state index in [1.54, 1.807) is 18.2 Å². The Balaban J connectivity index is 1.57. The van der Waals surface area contributed by atoms with Crippen LogP contribution < -0.4 is 10.1 Å². The first-order chi connectivity index (χ1) is 15.0. The molecule has 0 unspecified atom stereocenters. The maximum absolute atomic E-state index is 12.7. The predicted molar refractivity (Wildman–Crippen MR) is 120 cm³/mol. The summed E-state index contributed by atoms with van der Waals surface area (Å²) in [5.41, 5.74) is 2.33. The maximum Gasteiger partial charge on any atom is 0.323 e. The number of methoxy groups -OCH3 is 1. The van der Waals surface area contributed by atoms with Gasteiger partial charge in [-0.2, -0.15) is 0 Å². The van der Waals surface area contributed by atoms with Crippen LogP contribution in [-0.4, -0.2) is 51.8 Å². The Bertz CT molecular complexity index is 1130. The largest absolute Gasteiger partial charge is 0.494 e. The van der Waals surface area contributed by atoms with E-state index in [9.17, 15) is 9.90 Å². The van der Waals surface area contributed by atoms with Crippen LogP contribution in [0.4, 0.5) is 10.6 Å². The van der Waals surface area contributed by atoms with E-state index in [2.05, 4.69) is 21.2 Å². The van der Waals surface area contributed by atoms with Crippen molar-refractivity contribution in [1.29, 1.82) is 0 Å². The highest BCUT2D eigenvalue weighted by Crippen LogP contribution is 2.33. The molecule has 1 aliphatic heterocycles. The van der Waals surface area contributed by atoms with E-state index < -0.39 is 5.60 Å². The number of benzene rings is 2. The molecule has 1 fully saturated rings. The number of carbonyl (C=O) groups is 1. The molecule has 4 rings (SSSR count). The number of hydrogen-bond donors (Lipinski definition) is 2. The van der Waals surface area contributed by atoms with Crippen molar-refractivity contribution in [3.05, 3.63) is 48.7 Å². The number of nitrogens with one attached hydrogen (secondary N) is 1. The standard InChI is InChI=1S/C24H24N4O3/c1-3-11-24(30)12-14-28(15-13-24)23(29)27-20-16-25-21-18(17-7-5-4-6-8-17)9-10-19(31-2)22(21)26-20/h1,4-10,16,30H,11-15H2,2H3,(H,26,27,29). The molecule has 1 aliphatic rings. The number of aromatic nitrogens is 2. The van der Waals surface area contributed by atoms with Gasteiger partial charge in [0.05, 0.1) is 18.9 Å². The molecule has 1 saturated heterocycles. The van der Waals surface area contributed by atoms with E-state index in [0.29, 0.717) is 55.0 Å². The summed E-state index contributed by atoms with van der Waals surface area (Å²) >= 11 is 0. The molecule has 2 aromatic carbocycles. The zero-order valence-electron chi connectivity index (χ0n) is 17.3. The molecule has 0 aliphatic carbocycles. The highest BCUT2D eigenvalue weighted by molar-refractivity contribution is 5.96. The van der Waals surface area contributed by atoms with Crippen molar-refractivity contribution in [3.8, 4) is 29.2 Å². The number of terminal acetylenes is 1. The normalized spacial score (nSPS) is 15.3. The van der Waals surface area contributed by atoms with Crippen LogP contribution >= 0.6 is 0 Å². The monoisotopic (exact) mass is 416 g/mol. The molecule has 0 bridgehead atoms. The van der Waals surface area contributed by atoms with Gasteiger partial charge in [-0.05, 0) is 30.5 Å². The Hall–Kier alpha value is -3.63. The molecule has 0 atom stereocenters. The lowest BCUT2D eigenvalue weighted by Crippen LogP contribution is -2.47. The molecule has 7 heteroatoms. The minimum absolute atomic E-state index is 0.283. The summed E-state index contributed by atoms with van der Waals surface area (Å²) in [5.74, 6) is 3.42. The number of carbonyl (C=O) groups excluding carboxylic acids is 1. The second-order valence-corrected chi connectivity index (χ2v) is 7.66. The third-order valence-electron chi connectivity index (χ3n) is 5.61. The highest BCUT2D eigenvalue weighted by atomic mass is 16.5. The van der Waals surface area contributed by atoms with Gasteiger partial charge in [-0.3, -0.25) is 5.32 Å². The number of nitrogens with zero attached hydrogens (tertiary/aromatic N) is 3. The van der Waals surface area contributed by atoms with Gasteiger partial charge >= 0.3 is 6.03 Å². The number of hydrogen-bond acceptors (Lipinski definition) is 5. The number of likely N-dealkylation sites (tertiary alicyclic amines) is 1. The number of fused-ring (bicyclic) bond motifs is 1. The quantitative estimate of drug-likeness (QED) is 0.634. The lowest BCUT2D eigenvalue weighted by Gasteiger charge is -2.37. The van der Waals surface area contributed by atoms with Crippen LogP contribution in [-0.2, 0) is 0 Å². The van der Waals surface area contributed by atoms with Crippen LogP contribution in [0.15, 0.2) is 48.7 Å². The zero-order chi connectivity index (χ0) is 21.8. The number of rotatable bonds is 4. The van der Waals surface area contributed by atoms with Gasteiger partial charge in [0, 0.05) is 25.1 Å². The average molecular weight is 416 g/mol. The summed E-state index contributed by atoms with van der Waals surface area (Å²) in [6.45, 7) is 0.846. The Kier molecular flexibility index (Phi) is 5.74. The van der Waals surface area contributed by atoms with Crippen LogP contribution in [0.5, 0.6) is 5.75 Å². The van der Waals surface area contributed by atoms with Gasteiger partial charge in [0.1, 0.15) is 16.8 Å². The zero-order valence-corrected chi connectivity index (χ0v) is 17.3. The summed E-state index contributed by atoms with van der Waals surface area (Å²) in [5, 5.41) is 13.2. The summed E-state index contributed by atoms with van der Waals surface area (Å²) in [6, 6.07) is 13.4. The first kappa shape index (κ1) is 20.6. The summed E-state index contributed by atoms with van der Waals surface area (Å²) in [7, 11) is 1.58. The highest BCUT2D eigenvalue weighted by Gasteiger charge is 2.33. The van der Waals surface area contributed by atoms with Crippen LogP contribution in [0.3, 0.4) is 0 Å². The molecule has 0 radical (unpaired) electrons. The molecule has 158 valence electrons. The number of urea groups is 1. The number of anilines is 1. The van der Waals surface area contributed by atoms with Gasteiger partial charge in [0.2, 0.25) is 0 Å². The molecular weight excluding hydrogens is 392 g/mol. The lowest BCUT2D eigenvalue weighted by atomic mass is 9.89. The Morgan fingerprint density at radius 3 is 2.65 bits per heavy atom. The molecule has 2 N–H and O–H groups in total. The smallest absolute Gasteiger partial charge is 0.323 e. The SMILES string of the molecule is C#CCC1(O)CCN(C(=O)Nc2cnc3c(-c4ccccc4)ccc(OC)c3n2)CC1. The molecule has 7 nitrogen and oxygen atoms in total. The molecule has 2 heterocycles. The van der Waals surface area contributed by atoms with E-state index in [1.807, 2.05) is 42.5 Å². The molecule has 0 spiro atoms. The minimum Gasteiger partial charge on any atom is -0.494 e. The predicted octanol–water partition coefficient (Wildman–Crippen LogP) is 3.69. The summed E-state index contributed by atoms with van der Waals surface area (Å²) < 4.78 is 5.47. The molecule has 3 aromatic rings. The fraction of sp³-hybridized carbons (Fsp3) is 0.292.